The van der Waals surface area contributed by atoms with Crippen LogP contribution in [-0.4, -0.2) is 29.1 Å². The molecule has 21 heavy (non-hydrogen) atoms. The number of pyridine rings is 1. The van der Waals surface area contributed by atoms with Crippen LogP contribution in [0.1, 0.15) is 33.5 Å². The monoisotopic (exact) mass is 290 g/mol. The molecule has 0 spiro atoms. The third kappa shape index (κ3) is 3.35. The molecule has 2 N–H and O–H groups in total. The van der Waals surface area contributed by atoms with Gasteiger partial charge in [0.2, 0.25) is 0 Å². The smallest absolute Gasteiger partial charge is 0.288 e. The summed E-state index contributed by atoms with van der Waals surface area (Å²) < 4.78 is 9.72. The Morgan fingerprint density at radius 3 is 2.81 bits per heavy atom. The van der Waals surface area contributed by atoms with Gasteiger partial charge in [-0.2, -0.15) is 0 Å². The Hall–Kier alpha value is -2.90. The number of carbonyl (C=O) groups is 2. The minimum absolute atomic E-state index is 0.121. The molecule has 0 aromatic carbocycles. The number of carbonyl (C=O) groups excluding carboxylic acids is 2. The first-order chi connectivity index (χ1) is 10.2. The molecule has 8 heteroatoms. The Kier molecular flexibility index (Phi) is 4.50. The average Bonchev–Trinajstić information content (AvgIpc) is 3.01. The Morgan fingerprint density at radius 1 is 1.33 bits per heavy atom. The van der Waals surface area contributed by atoms with Crippen molar-refractivity contribution in [3.8, 4) is 5.75 Å². The molecule has 0 unspecified atom stereocenters. The van der Waals surface area contributed by atoms with E-state index in [0.29, 0.717) is 17.9 Å². The number of hydrogen-bond donors (Lipinski definition) is 2. The lowest BCUT2D eigenvalue weighted by molar-refractivity contribution is 0.0843. The number of nitrogens with one attached hydrogen (secondary N) is 2. The van der Waals surface area contributed by atoms with Crippen LogP contribution in [0, 0.1) is 0 Å². The average molecular weight is 290 g/mol. The fraction of sp³-hybridized carbons (Fsp3) is 0.231. The SMILES string of the molecule is CCc1nocc1C(=O)NNC(=O)c1cc(OC)ccn1. The zero-order chi connectivity index (χ0) is 15.2. The molecule has 0 atom stereocenters. The molecule has 0 bridgehead atoms. The van der Waals surface area contributed by atoms with E-state index in [9.17, 15) is 9.59 Å². The van der Waals surface area contributed by atoms with Gasteiger partial charge in [0.15, 0.2) is 0 Å². The Morgan fingerprint density at radius 2 is 2.10 bits per heavy atom. The summed E-state index contributed by atoms with van der Waals surface area (Å²) >= 11 is 0. The lowest BCUT2D eigenvalue weighted by Gasteiger charge is -2.07. The second-order valence-corrected chi connectivity index (χ2v) is 4.02. The van der Waals surface area contributed by atoms with E-state index in [0.717, 1.165) is 0 Å². The van der Waals surface area contributed by atoms with Crippen LogP contribution in [0.2, 0.25) is 0 Å². The van der Waals surface area contributed by atoms with Gasteiger partial charge in [-0.3, -0.25) is 25.4 Å². The maximum absolute atomic E-state index is 11.9. The van der Waals surface area contributed by atoms with Gasteiger partial charge in [-0.1, -0.05) is 12.1 Å². The number of hydrazine groups is 1. The largest absolute Gasteiger partial charge is 0.497 e. The van der Waals surface area contributed by atoms with Crippen molar-refractivity contribution in [2.75, 3.05) is 7.11 Å². The summed E-state index contributed by atoms with van der Waals surface area (Å²) in [5.41, 5.74) is 5.45. The number of aryl methyl sites for hydroxylation is 1. The maximum Gasteiger partial charge on any atom is 0.288 e. The Labute approximate surface area is 120 Å². The van der Waals surface area contributed by atoms with E-state index in [1.54, 1.807) is 6.07 Å². The van der Waals surface area contributed by atoms with Crippen molar-refractivity contribution in [1.29, 1.82) is 0 Å². The van der Waals surface area contributed by atoms with Crippen molar-refractivity contribution < 1.29 is 18.8 Å². The van der Waals surface area contributed by atoms with Gasteiger partial charge >= 0.3 is 0 Å². The molecule has 0 aliphatic rings. The third-order valence-corrected chi connectivity index (χ3v) is 2.71. The fourth-order valence-corrected chi connectivity index (χ4v) is 1.61. The first kappa shape index (κ1) is 14.5. The maximum atomic E-state index is 11.9. The van der Waals surface area contributed by atoms with Crippen molar-refractivity contribution in [2.24, 2.45) is 0 Å². The highest BCUT2D eigenvalue weighted by Gasteiger charge is 2.16. The van der Waals surface area contributed by atoms with Crippen molar-refractivity contribution in [3.63, 3.8) is 0 Å². The second-order valence-electron chi connectivity index (χ2n) is 4.02. The van der Waals surface area contributed by atoms with Crippen LogP contribution in [0.5, 0.6) is 5.75 Å². The lowest BCUT2D eigenvalue weighted by atomic mass is 10.2. The third-order valence-electron chi connectivity index (χ3n) is 2.71. The van der Waals surface area contributed by atoms with E-state index in [1.165, 1.54) is 25.6 Å². The van der Waals surface area contributed by atoms with Gasteiger partial charge < -0.3 is 9.26 Å². The number of hydrogen-bond acceptors (Lipinski definition) is 6. The Balaban J connectivity index is 1.99. The van der Waals surface area contributed by atoms with Crippen LogP contribution in [0.15, 0.2) is 29.1 Å². The minimum atomic E-state index is -0.559. The zero-order valence-corrected chi connectivity index (χ0v) is 11.5. The highest BCUT2D eigenvalue weighted by Crippen LogP contribution is 2.10. The molecule has 0 fully saturated rings. The van der Waals surface area contributed by atoms with Gasteiger partial charge in [-0.15, -0.1) is 0 Å². The molecule has 0 saturated carbocycles. The molecule has 110 valence electrons. The number of nitrogens with zero attached hydrogens (tertiary/aromatic N) is 2. The van der Waals surface area contributed by atoms with Crippen LogP contribution in [0.3, 0.4) is 0 Å². The molecule has 2 aromatic heterocycles. The van der Waals surface area contributed by atoms with E-state index in [2.05, 4.69) is 21.0 Å². The summed E-state index contributed by atoms with van der Waals surface area (Å²) in [4.78, 5) is 27.6. The molecule has 0 aliphatic carbocycles. The molecule has 2 heterocycles. The van der Waals surface area contributed by atoms with E-state index >= 15 is 0 Å². The van der Waals surface area contributed by atoms with E-state index in [-0.39, 0.29) is 11.3 Å². The molecule has 2 amide bonds. The van der Waals surface area contributed by atoms with Crippen LogP contribution >= 0.6 is 0 Å². The van der Waals surface area contributed by atoms with Gasteiger partial charge in [0.05, 0.1) is 12.8 Å². The summed E-state index contributed by atoms with van der Waals surface area (Å²) in [7, 11) is 1.48. The zero-order valence-electron chi connectivity index (χ0n) is 11.5. The van der Waals surface area contributed by atoms with Crippen molar-refractivity contribution in [2.45, 2.75) is 13.3 Å². The number of methoxy groups -OCH3 is 1. The summed E-state index contributed by atoms with van der Waals surface area (Å²) in [6.07, 6.45) is 3.21. The molecule has 0 saturated heterocycles. The molecule has 0 radical (unpaired) electrons. The molecule has 0 aliphatic heterocycles. The van der Waals surface area contributed by atoms with Gasteiger partial charge in [0, 0.05) is 12.3 Å². The summed E-state index contributed by atoms with van der Waals surface area (Å²) in [6, 6.07) is 3.07. The van der Waals surface area contributed by atoms with Gasteiger partial charge in [0.25, 0.3) is 11.8 Å². The topological polar surface area (TPSA) is 106 Å². The molecule has 2 aromatic rings. The van der Waals surface area contributed by atoms with Crippen molar-refractivity contribution in [1.82, 2.24) is 21.0 Å². The van der Waals surface area contributed by atoms with Crippen LogP contribution in [0.4, 0.5) is 0 Å². The first-order valence-corrected chi connectivity index (χ1v) is 6.19. The highest BCUT2D eigenvalue weighted by molar-refractivity contribution is 5.98. The van der Waals surface area contributed by atoms with E-state index < -0.39 is 11.8 Å². The Bertz CT molecular complexity index is 653. The standard InChI is InChI=1S/C13H14N4O4/c1-3-10-9(7-21-17-10)12(18)15-16-13(19)11-6-8(20-2)4-5-14-11/h4-7H,3H2,1-2H3,(H,15,18)(H,16,19). The van der Waals surface area contributed by atoms with Crippen LogP contribution in [0.25, 0.3) is 0 Å². The van der Waals surface area contributed by atoms with Crippen molar-refractivity contribution >= 4 is 11.8 Å². The molecular formula is C13H14N4O4. The van der Waals surface area contributed by atoms with Crippen LogP contribution in [-0.2, 0) is 6.42 Å². The minimum Gasteiger partial charge on any atom is -0.497 e. The fourth-order valence-electron chi connectivity index (χ4n) is 1.61. The van der Waals surface area contributed by atoms with Crippen LogP contribution < -0.4 is 15.6 Å². The quantitative estimate of drug-likeness (QED) is 0.803. The number of ether oxygens (including phenoxy) is 1. The number of amides is 2. The summed E-state index contributed by atoms with van der Waals surface area (Å²) in [5.74, 6) is -0.574. The molecule has 2 rings (SSSR count). The van der Waals surface area contributed by atoms with E-state index in [4.69, 9.17) is 9.26 Å². The second kappa shape index (κ2) is 6.51. The summed E-state index contributed by atoms with van der Waals surface area (Å²) in [5, 5.41) is 3.69. The number of aromatic nitrogens is 2. The lowest BCUT2D eigenvalue weighted by Crippen LogP contribution is -2.42. The normalized spacial score (nSPS) is 10.0. The molecular weight excluding hydrogens is 276 g/mol. The van der Waals surface area contributed by atoms with E-state index in [1.807, 2.05) is 6.92 Å². The summed E-state index contributed by atoms with van der Waals surface area (Å²) in [6.45, 7) is 1.84. The highest BCUT2D eigenvalue weighted by atomic mass is 16.5. The number of rotatable bonds is 4. The first-order valence-electron chi connectivity index (χ1n) is 6.19. The molecule has 8 nitrogen and oxygen atoms in total. The van der Waals surface area contributed by atoms with Crippen molar-refractivity contribution in [3.05, 3.63) is 41.5 Å². The van der Waals surface area contributed by atoms with Gasteiger partial charge in [-0.25, -0.2) is 0 Å². The van der Waals surface area contributed by atoms with Gasteiger partial charge in [-0.05, 0) is 12.5 Å². The predicted molar refractivity (Wildman–Crippen MR) is 71.6 cm³/mol. The predicted octanol–water partition coefficient (Wildman–Crippen LogP) is 0.715. The van der Waals surface area contributed by atoms with Gasteiger partial charge in [0.1, 0.15) is 23.3 Å².